The molecule has 0 aliphatic heterocycles. The summed E-state index contributed by atoms with van der Waals surface area (Å²) in [5.41, 5.74) is 1.70. The van der Waals surface area contributed by atoms with Crippen LogP contribution < -0.4 is 10.6 Å². The second-order valence-electron chi connectivity index (χ2n) is 4.07. The van der Waals surface area contributed by atoms with Crippen molar-refractivity contribution in [3.05, 3.63) is 51.1 Å². The van der Waals surface area contributed by atoms with Gasteiger partial charge in [0.15, 0.2) is 5.11 Å². The molecule has 0 aliphatic carbocycles. The van der Waals surface area contributed by atoms with Gasteiger partial charge in [0.2, 0.25) is 0 Å². The van der Waals surface area contributed by atoms with Crippen LogP contribution in [-0.2, 0) is 0 Å². The zero-order valence-electron chi connectivity index (χ0n) is 10.5. The van der Waals surface area contributed by atoms with Gasteiger partial charge in [-0.1, -0.05) is 31.9 Å². The van der Waals surface area contributed by atoms with Gasteiger partial charge in [0.1, 0.15) is 0 Å². The zero-order valence-corrected chi connectivity index (χ0v) is 20.8. The van der Waals surface area contributed by atoms with Gasteiger partial charge in [-0.05, 0) is 100 Å². The molecule has 2 aromatic rings. The second-order valence-corrected chi connectivity index (χ2v) is 9.72. The molecule has 0 aliphatic rings. The van der Waals surface area contributed by atoms with E-state index in [1.54, 1.807) is 0 Å². The van der Waals surface area contributed by atoms with Crippen molar-refractivity contribution in [1.82, 2.24) is 0 Å². The van der Waals surface area contributed by atoms with Crippen molar-refractivity contribution in [2.45, 2.75) is 0 Å². The lowest BCUT2D eigenvalue weighted by Crippen LogP contribution is -2.20. The van der Waals surface area contributed by atoms with Gasteiger partial charge in [-0.2, -0.15) is 0 Å². The van der Waals surface area contributed by atoms with Gasteiger partial charge in [0.25, 0.3) is 0 Å². The fourth-order valence-corrected chi connectivity index (χ4v) is 6.70. The quantitative estimate of drug-likeness (QED) is 0.310. The maximum atomic E-state index is 5.39. The monoisotopic (exact) mass is 696 g/mol. The molecule has 0 aromatic heterocycles. The molecule has 116 valence electrons. The molecule has 2 aromatic carbocycles. The molecule has 0 heterocycles. The summed E-state index contributed by atoms with van der Waals surface area (Å²) >= 11 is 26.3. The normalized spacial score (nSPS) is 10.5. The van der Waals surface area contributed by atoms with Crippen LogP contribution in [0.4, 0.5) is 11.4 Å². The minimum absolute atomic E-state index is 0.479. The van der Waals surface area contributed by atoms with E-state index in [0.717, 1.165) is 38.2 Å². The van der Waals surface area contributed by atoms with Crippen LogP contribution >= 0.6 is 108 Å². The fourth-order valence-electron chi connectivity index (χ4n) is 1.58. The molecule has 2 nitrogen and oxygen atoms in total. The SMILES string of the molecule is S=C(Nc1c(Br)cc(Br)cc1Br)Nc1c(Br)cc(Br)cc1Br. The lowest BCUT2D eigenvalue weighted by Gasteiger charge is -2.16. The minimum atomic E-state index is 0.479. The molecular weight excluding hydrogens is 696 g/mol. The Morgan fingerprint density at radius 3 is 1.18 bits per heavy atom. The van der Waals surface area contributed by atoms with Crippen LogP contribution in [0.1, 0.15) is 0 Å². The Labute approximate surface area is 184 Å². The van der Waals surface area contributed by atoms with Crippen molar-refractivity contribution in [2.75, 3.05) is 10.6 Å². The van der Waals surface area contributed by atoms with Crippen LogP contribution in [-0.4, -0.2) is 5.11 Å². The molecule has 2 N–H and O–H groups in total. The Kier molecular flexibility index (Phi) is 7.38. The highest BCUT2D eigenvalue weighted by Crippen LogP contribution is 2.36. The maximum Gasteiger partial charge on any atom is 0.175 e. The predicted octanol–water partition coefficient (Wildman–Crippen LogP) is 8.07. The molecule has 0 saturated carbocycles. The highest BCUT2D eigenvalue weighted by molar-refractivity contribution is 9.12. The average molecular weight is 702 g/mol. The summed E-state index contributed by atoms with van der Waals surface area (Å²) in [5.74, 6) is 0. The van der Waals surface area contributed by atoms with E-state index in [1.165, 1.54) is 0 Å². The molecule has 0 atom stereocenters. The minimum Gasteiger partial charge on any atom is -0.331 e. The number of hydrogen-bond donors (Lipinski definition) is 2. The second kappa shape index (κ2) is 8.40. The fraction of sp³-hybridized carbons (Fsp3) is 0. The molecule has 0 spiro atoms. The molecule has 0 unspecified atom stereocenters. The standard InChI is InChI=1S/C13H6Br6N2S/c14-5-1-7(16)11(8(17)2-5)20-13(22)21-12-9(18)3-6(15)4-10(12)19/h1-4H,(H2,20,21,22). The van der Waals surface area contributed by atoms with E-state index >= 15 is 0 Å². The first-order valence-electron chi connectivity index (χ1n) is 5.65. The van der Waals surface area contributed by atoms with E-state index in [-0.39, 0.29) is 0 Å². The van der Waals surface area contributed by atoms with Crippen LogP contribution in [0.3, 0.4) is 0 Å². The molecule has 0 fully saturated rings. The average Bonchev–Trinajstić information content (AvgIpc) is 2.38. The van der Waals surface area contributed by atoms with Gasteiger partial charge in [-0.15, -0.1) is 0 Å². The van der Waals surface area contributed by atoms with Crippen molar-refractivity contribution >= 4 is 124 Å². The lowest BCUT2D eigenvalue weighted by molar-refractivity contribution is 1.49. The number of benzene rings is 2. The smallest absolute Gasteiger partial charge is 0.175 e. The predicted molar refractivity (Wildman–Crippen MR) is 119 cm³/mol. The van der Waals surface area contributed by atoms with Crippen LogP contribution in [0.5, 0.6) is 0 Å². The number of nitrogens with one attached hydrogen (secondary N) is 2. The lowest BCUT2D eigenvalue weighted by atomic mass is 10.3. The van der Waals surface area contributed by atoms with Crippen molar-refractivity contribution in [1.29, 1.82) is 0 Å². The maximum absolute atomic E-state index is 5.39. The Bertz CT molecular complexity index is 642. The zero-order chi connectivity index (χ0) is 16.4. The number of anilines is 2. The molecule has 0 saturated heterocycles. The van der Waals surface area contributed by atoms with Crippen LogP contribution in [0.2, 0.25) is 0 Å². The number of thiocarbonyl (C=S) groups is 1. The van der Waals surface area contributed by atoms with E-state index in [9.17, 15) is 0 Å². The van der Waals surface area contributed by atoms with Gasteiger partial charge < -0.3 is 10.6 Å². The molecule has 9 heteroatoms. The molecule has 0 bridgehead atoms. The highest BCUT2D eigenvalue weighted by Gasteiger charge is 2.12. The van der Waals surface area contributed by atoms with Crippen molar-refractivity contribution in [3.63, 3.8) is 0 Å². The third-order valence-electron chi connectivity index (χ3n) is 2.49. The van der Waals surface area contributed by atoms with Crippen LogP contribution in [0.15, 0.2) is 51.1 Å². The van der Waals surface area contributed by atoms with Gasteiger partial charge >= 0.3 is 0 Å². The number of rotatable bonds is 2. The Balaban J connectivity index is 2.22. The Hall–Kier alpha value is 1.01. The number of halogens is 6. The highest BCUT2D eigenvalue weighted by atomic mass is 79.9. The van der Waals surface area contributed by atoms with Crippen LogP contribution in [0.25, 0.3) is 0 Å². The summed E-state index contributed by atoms with van der Waals surface area (Å²) in [6.45, 7) is 0. The Morgan fingerprint density at radius 2 is 0.909 bits per heavy atom. The van der Waals surface area contributed by atoms with Crippen LogP contribution in [0, 0.1) is 0 Å². The van der Waals surface area contributed by atoms with E-state index in [0.29, 0.717) is 5.11 Å². The van der Waals surface area contributed by atoms with Crippen molar-refractivity contribution in [2.24, 2.45) is 0 Å². The summed E-state index contributed by atoms with van der Waals surface area (Å²) < 4.78 is 5.51. The van der Waals surface area contributed by atoms with Gasteiger partial charge in [-0.3, -0.25) is 0 Å². The first kappa shape index (κ1) is 19.3. The molecular formula is C13H6Br6N2S. The summed E-state index contributed by atoms with van der Waals surface area (Å²) in [6, 6.07) is 7.78. The third-order valence-corrected chi connectivity index (χ3v) is 6.11. The first-order chi connectivity index (χ1) is 10.3. The van der Waals surface area contributed by atoms with Crippen molar-refractivity contribution < 1.29 is 0 Å². The molecule has 2 rings (SSSR count). The van der Waals surface area contributed by atoms with Gasteiger partial charge in [0, 0.05) is 26.8 Å². The largest absolute Gasteiger partial charge is 0.331 e. The summed E-state index contributed by atoms with van der Waals surface area (Å²) in [6.07, 6.45) is 0. The summed E-state index contributed by atoms with van der Waals surface area (Å²) in [5, 5.41) is 6.83. The number of hydrogen-bond acceptors (Lipinski definition) is 1. The van der Waals surface area contributed by atoms with E-state index in [2.05, 4.69) is 106 Å². The third kappa shape index (κ3) is 5.00. The molecule has 0 radical (unpaired) electrons. The molecule has 22 heavy (non-hydrogen) atoms. The van der Waals surface area contributed by atoms with E-state index in [4.69, 9.17) is 12.2 Å². The van der Waals surface area contributed by atoms with E-state index in [1.807, 2.05) is 24.3 Å². The van der Waals surface area contributed by atoms with Gasteiger partial charge in [-0.25, -0.2) is 0 Å². The topological polar surface area (TPSA) is 24.1 Å². The summed E-state index contributed by atoms with van der Waals surface area (Å²) in [4.78, 5) is 0. The molecule has 0 amide bonds. The summed E-state index contributed by atoms with van der Waals surface area (Å²) in [7, 11) is 0. The van der Waals surface area contributed by atoms with Crippen molar-refractivity contribution in [3.8, 4) is 0 Å². The Morgan fingerprint density at radius 1 is 0.636 bits per heavy atom. The first-order valence-corrected chi connectivity index (χ1v) is 10.8. The van der Waals surface area contributed by atoms with Gasteiger partial charge in [0.05, 0.1) is 11.4 Å². The van der Waals surface area contributed by atoms with E-state index < -0.39 is 0 Å².